The maximum absolute atomic E-state index is 14.0. The quantitative estimate of drug-likeness (QED) is 0.561. The fourth-order valence-corrected chi connectivity index (χ4v) is 4.54. The molecule has 0 spiro atoms. The van der Waals surface area contributed by atoms with Crippen LogP contribution in [0.15, 0.2) is 53.0 Å². The first-order valence-corrected chi connectivity index (χ1v) is 10.4. The van der Waals surface area contributed by atoms with E-state index in [1.165, 1.54) is 17.4 Å². The van der Waals surface area contributed by atoms with Crippen molar-refractivity contribution in [2.45, 2.75) is 18.8 Å². The van der Waals surface area contributed by atoms with Crippen LogP contribution in [0.4, 0.5) is 4.39 Å². The molecule has 7 heteroatoms. The molecule has 1 saturated heterocycles. The molecule has 1 aliphatic rings. The Bertz CT molecular complexity index is 960. The third-order valence-electron chi connectivity index (χ3n) is 4.69. The minimum Gasteiger partial charge on any atom is -0.338 e. The van der Waals surface area contributed by atoms with Gasteiger partial charge in [0.05, 0.1) is 0 Å². The third-order valence-corrected chi connectivity index (χ3v) is 6.34. The molecule has 1 atom stereocenters. The van der Waals surface area contributed by atoms with E-state index in [9.17, 15) is 9.18 Å². The number of benzene rings is 2. The van der Waals surface area contributed by atoms with Crippen LogP contribution in [-0.4, -0.2) is 34.1 Å². The normalized spacial score (nSPS) is 17.1. The zero-order valence-electron chi connectivity index (χ0n) is 14.4. The van der Waals surface area contributed by atoms with Crippen molar-refractivity contribution in [2.24, 2.45) is 0 Å². The van der Waals surface area contributed by atoms with Gasteiger partial charge >= 0.3 is 0 Å². The zero-order chi connectivity index (χ0) is 18.8. The van der Waals surface area contributed by atoms with Crippen molar-refractivity contribution in [1.29, 1.82) is 0 Å². The Hall–Kier alpha value is -2.12. The smallest absolute Gasteiger partial charge is 0.253 e. The molecule has 0 N–H and O–H groups in total. The Labute approximate surface area is 169 Å². The summed E-state index contributed by atoms with van der Waals surface area (Å²) in [6.45, 7) is 1.35. The molecular formula is C20H17BrFN3OS. The highest BCUT2D eigenvalue weighted by molar-refractivity contribution is 9.10. The van der Waals surface area contributed by atoms with Crippen molar-refractivity contribution >= 4 is 33.2 Å². The van der Waals surface area contributed by atoms with Crippen molar-refractivity contribution in [3.63, 3.8) is 0 Å². The summed E-state index contributed by atoms with van der Waals surface area (Å²) in [7, 11) is 0. The first-order chi connectivity index (χ1) is 13.1. The van der Waals surface area contributed by atoms with Crippen LogP contribution in [0.2, 0.25) is 0 Å². The zero-order valence-corrected chi connectivity index (χ0v) is 16.8. The summed E-state index contributed by atoms with van der Waals surface area (Å²) in [6, 6.07) is 14.0. The van der Waals surface area contributed by atoms with Gasteiger partial charge in [-0.1, -0.05) is 39.4 Å². The second-order valence-electron chi connectivity index (χ2n) is 6.52. The van der Waals surface area contributed by atoms with Gasteiger partial charge in [0.25, 0.3) is 5.91 Å². The van der Waals surface area contributed by atoms with Crippen LogP contribution < -0.4 is 0 Å². The number of piperidine rings is 1. The predicted octanol–water partition coefficient (Wildman–Crippen LogP) is 5.13. The second kappa shape index (κ2) is 7.86. The maximum Gasteiger partial charge on any atom is 0.253 e. The molecule has 0 radical (unpaired) electrons. The number of carbonyl (C=O) groups is 1. The molecule has 1 unspecified atom stereocenters. The Morgan fingerprint density at radius 2 is 1.93 bits per heavy atom. The van der Waals surface area contributed by atoms with Crippen molar-refractivity contribution in [1.82, 2.24) is 15.1 Å². The van der Waals surface area contributed by atoms with E-state index in [-0.39, 0.29) is 17.6 Å². The molecular weight excluding hydrogens is 429 g/mol. The number of likely N-dealkylation sites (tertiary alicyclic amines) is 1. The number of nitrogens with zero attached hydrogens (tertiary/aromatic N) is 3. The van der Waals surface area contributed by atoms with Crippen molar-refractivity contribution in [2.75, 3.05) is 13.1 Å². The molecule has 0 saturated carbocycles. The summed E-state index contributed by atoms with van der Waals surface area (Å²) in [5.41, 5.74) is 1.16. The Morgan fingerprint density at radius 3 is 2.70 bits per heavy atom. The number of hydrogen-bond acceptors (Lipinski definition) is 4. The molecule has 0 aliphatic carbocycles. The maximum atomic E-state index is 14.0. The van der Waals surface area contributed by atoms with E-state index in [0.717, 1.165) is 28.9 Å². The van der Waals surface area contributed by atoms with Crippen molar-refractivity contribution in [3.05, 3.63) is 69.4 Å². The molecule has 2 heterocycles. The van der Waals surface area contributed by atoms with E-state index in [4.69, 9.17) is 0 Å². The van der Waals surface area contributed by atoms with E-state index < -0.39 is 0 Å². The predicted molar refractivity (Wildman–Crippen MR) is 107 cm³/mol. The van der Waals surface area contributed by atoms with Crippen molar-refractivity contribution < 1.29 is 9.18 Å². The molecule has 3 aromatic rings. The number of aromatic nitrogens is 2. The highest BCUT2D eigenvalue weighted by Crippen LogP contribution is 2.33. The standard InChI is InChI=1S/C20H17BrFN3OS/c21-15-9-7-13(8-10-15)20(26)25-11-3-4-14(12-25)18-23-24-19(27-18)16-5-1-2-6-17(16)22/h1-2,5-10,14H,3-4,11-12H2. The summed E-state index contributed by atoms with van der Waals surface area (Å²) in [6.07, 6.45) is 1.87. The molecule has 4 nitrogen and oxygen atoms in total. The molecule has 4 rings (SSSR count). The van der Waals surface area contributed by atoms with Gasteiger partial charge in [-0.15, -0.1) is 10.2 Å². The van der Waals surface area contributed by atoms with Gasteiger partial charge in [0.1, 0.15) is 10.8 Å². The van der Waals surface area contributed by atoms with Gasteiger partial charge in [-0.25, -0.2) is 4.39 Å². The van der Waals surface area contributed by atoms with Gasteiger partial charge in [0, 0.05) is 34.6 Å². The fraction of sp³-hybridized carbons (Fsp3) is 0.250. The van der Waals surface area contributed by atoms with Gasteiger partial charge in [-0.3, -0.25) is 4.79 Å². The Morgan fingerprint density at radius 1 is 1.15 bits per heavy atom. The molecule has 27 heavy (non-hydrogen) atoms. The number of rotatable bonds is 3. The van der Waals surface area contributed by atoms with Crippen molar-refractivity contribution in [3.8, 4) is 10.6 Å². The lowest BCUT2D eigenvalue weighted by molar-refractivity contribution is 0.0707. The fourth-order valence-electron chi connectivity index (χ4n) is 3.28. The third kappa shape index (κ3) is 3.94. The summed E-state index contributed by atoms with van der Waals surface area (Å²) in [4.78, 5) is 14.7. The highest BCUT2D eigenvalue weighted by atomic mass is 79.9. The van der Waals surface area contributed by atoms with E-state index in [1.807, 2.05) is 29.2 Å². The minimum atomic E-state index is -0.295. The molecule has 0 bridgehead atoms. The SMILES string of the molecule is O=C(c1ccc(Br)cc1)N1CCCC(c2nnc(-c3ccccc3F)s2)C1. The van der Waals surface area contributed by atoms with E-state index in [1.54, 1.807) is 18.2 Å². The minimum absolute atomic E-state index is 0.0334. The molecule has 138 valence electrons. The highest BCUT2D eigenvalue weighted by Gasteiger charge is 2.28. The first kappa shape index (κ1) is 18.3. The van der Waals surface area contributed by atoms with Gasteiger partial charge in [-0.2, -0.15) is 0 Å². The van der Waals surface area contributed by atoms with Crippen LogP contribution in [0.5, 0.6) is 0 Å². The van der Waals surface area contributed by atoms with E-state index in [2.05, 4.69) is 26.1 Å². The number of carbonyl (C=O) groups excluding carboxylic acids is 1. The molecule has 1 amide bonds. The van der Waals surface area contributed by atoms with Crippen LogP contribution in [0.3, 0.4) is 0 Å². The Kier molecular flexibility index (Phi) is 5.31. The monoisotopic (exact) mass is 445 g/mol. The number of halogens is 2. The first-order valence-electron chi connectivity index (χ1n) is 8.75. The summed E-state index contributed by atoms with van der Waals surface area (Å²) < 4.78 is 14.9. The molecule has 1 aromatic heterocycles. The van der Waals surface area contributed by atoms with Crippen LogP contribution >= 0.6 is 27.3 Å². The van der Waals surface area contributed by atoms with Crippen LogP contribution in [-0.2, 0) is 0 Å². The average Bonchev–Trinajstić information content (AvgIpc) is 3.18. The van der Waals surface area contributed by atoms with Gasteiger partial charge in [0.2, 0.25) is 0 Å². The second-order valence-corrected chi connectivity index (χ2v) is 8.45. The number of amides is 1. The average molecular weight is 446 g/mol. The van der Waals surface area contributed by atoms with E-state index in [0.29, 0.717) is 22.7 Å². The van der Waals surface area contributed by atoms with Crippen LogP contribution in [0, 0.1) is 5.82 Å². The van der Waals surface area contributed by atoms with Crippen LogP contribution in [0.1, 0.15) is 34.1 Å². The van der Waals surface area contributed by atoms with Gasteiger partial charge in [0.15, 0.2) is 5.01 Å². The van der Waals surface area contributed by atoms with Crippen LogP contribution in [0.25, 0.3) is 10.6 Å². The molecule has 2 aromatic carbocycles. The molecule has 1 fully saturated rings. The summed E-state index contributed by atoms with van der Waals surface area (Å²) in [5, 5.41) is 9.92. The lowest BCUT2D eigenvalue weighted by atomic mass is 9.98. The summed E-state index contributed by atoms with van der Waals surface area (Å²) >= 11 is 4.80. The van der Waals surface area contributed by atoms with Gasteiger partial charge < -0.3 is 4.90 Å². The number of hydrogen-bond donors (Lipinski definition) is 0. The largest absolute Gasteiger partial charge is 0.338 e. The lowest BCUT2D eigenvalue weighted by Gasteiger charge is -2.31. The topological polar surface area (TPSA) is 46.1 Å². The van der Waals surface area contributed by atoms with Gasteiger partial charge in [-0.05, 0) is 49.2 Å². The Balaban J connectivity index is 1.51. The lowest BCUT2D eigenvalue weighted by Crippen LogP contribution is -2.39. The van der Waals surface area contributed by atoms with E-state index >= 15 is 0 Å². The molecule has 1 aliphatic heterocycles. The summed E-state index contributed by atoms with van der Waals surface area (Å²) in [5.74, 6) is -0.127.